The Labute approximate surface area is 121 Å². The molecular weight excluding hydrogens is 281 g/mol. The molecule has 2 rings (SSSR count). The lowest BCUT2D eigenvalue weighted by atomic mass is 10.1. The number of benzene rings is 1. The lowest BCUT2D eigenvalue weighted by molar-refractivity contribution is 0.874. The molecule has 1 heterocycles. The summed E-state index contributed by atoms with van der Waals surface area (Å²) in [6, 6.07) is 11.1. The molecular formula is C14H11Cl2N3. The van der Waals surface area contributed by atoms with Crippen molar-refractivity contribution in [3.8, 4) is 6.07 Å². The molecule has 0 radical (unpaired) electrons. The van der Waals surface area contributed by atoms with Crippen molar-refractivity contribution < 1.29 is 0 Å². The second-order valence-electron chi connectivity index (χ2n) is 4.05. The molecule has 1 aromatic heterocycles. The molecule has 1 atom stereocenters. The van der Waals surface area contributed by atoms with Gasteiger partial charge in [0.15, 0.2) is 0 Å². The molecule has 0 amide bonds. The minimum Gasteiger partial charge on any atom is -0.362 e. The molecule has 3 nitrogen and oxygen atoms in total. The Bertz CT molecular complexity index is 618. The van der Waals surface area contributed by atoms with E-state index < -0.39 is 0 Å². The smallest absolute Gasteiger partial charge is 0.146 e. The van der Waals surface area contributed by atoms with Gasteiger partial charge in [-0.15, -0.1) is 0 Å². The van der Waals surface area contributed by atoms with Gasteiger partial charge in [0, 0.05) is 17.3 Å². The summed E-state index contributed by atoms with van der Waals surface area (Å²) in [7, 11) is 0. The van der Waals surface area contributed by atoms with Crippen LogP contribution < -0.4 is 5.32 Å². The van der Waals surface area contributed by atoms with Crippen molar-refractivity contribution in [2.75, 3.05) is 5.32 Å². The van der Waals surface area contributed by atoms with Crippen molar-refractivity contribution in [3.05, 3.63) is 57.7 Å². The maximum atomic E-state index is 8.92. The number of rotatable bonds is 3. The van der Waals surface area contributed by atoms with Gasteiger partial charge in [0.1, 0.15) is 16.9 Å². The molecule has 1 aromatic carbocycles. The zero-order valence-corrected chi connectivity index (χ0v) is 11.7. The summed E-state index contributed by atoms with van der Waals surface area (Å²) >= 11 is 11.9. The van der Waals surface area contributed by atoms with E-state index in [1.807, 2.05) is 37.3 Å². The van der Waals surface area contributed by atoms with Crippen molar-refractivity contribution in [2.45, 2.75) is 13.0 Å². The summed E-state index contributed by atoms with van der Waals surface area (Å²) in [4.78, 5) is 4.15. The van der Waals surface area contributed by atoms with Crippen LogP contribution in [0.25, 0.3) is 0 Å². The summed E-state index contributed by atoms with van der Waals surface area (Å²) in [6.45, 7) is 1.99. The van der Waals surface area contributed by atoms with E-state index in [2.05, 4.69) is 10.3 Å². The predicted octanol–water partition coefficient (Wildman–Crippen LogP) is 4.43. The van der Waals surface area contributed by atoms with Crippen LogP contribution in [0.15, 0.2) is 36.5 Å². The van der Waals surface area contributed by atoms with Crippen molar-refractivity contribution in [1.29, 1.82) is 5.26 Å². The van der Waals surface area contributed by atoms with Gasteiger partial charge in [-0.05, 0) is 30.7 Å². The molecule has 96 valence electrons. The molecule has 0 saturated heterocycles. The van der Waals surface area contributed by atoms with Crippen LogP contribution in [-0.2, 0) is 0 Å². The Morgan fingerprint density at radius 1 is 1.21 bits per heavy atom. The van der Waals surface area contributed by atoms with E-state index in [4.69, 9.17) is 28.5 Å². The third-order valence-corrected chi connectivity index (χ3v) is 3.37. The van der Waals surface area contributed by atoms with Crippen molar-refractivity contribution >= 4 is 29.0 Å². The lowest BCUT2D eigenvalue weighted by Crippen LogP contribution is -2.08. The van der Waals surface area contributed by atoms with Gasteiger partial charge < -0.3 is 5.32 Å². The monoisotopic (exact) mass is 291 g/mol. The molecule has 1 unspecified atom stereocenters. The molecule has 0 aliphatic heterocycles. The number of nitrogens with one attached hydrogen (secondary N) is 1. The van der Waals surface area contributed by atoms with Gasteiger partial charge in [0.25, 0.3) is 0 Å². The first kappa shape index (κ1) is 13.7. The summed E-state index contributed by atoms with van der Waals surface area (Å²) in [5.41, 5.74) is 1.46. The summed E-state index contributed by atoms with van der Waals surface area (Å²) in [5, 5.41) is 13.1. The fourth-order valence-electron chi connectivity index (χ4n) is 1.67. The van der Waals surface area contributed by atoms with Crippen LogP contribution in [0, 0.1) is 11.3 Å². The average Bonchev–Trinajstić information content (AvgIpc) is 2.42. The Hall–Kier alpha value is -1.76. The third-order valence-electron chi connectivity index (χ3n) is 2.73. The first-order chi connectivity index (χ1) is 9.11. The van der Waals surface area contributed by atoms with Crippen molar-refractivity contribution in [3.63, 3.8) is 0 Å². The highest BCUT2D eigenvalue weighted by Gasteiger charge is 2.11. The molecule has 0 spiro atoms. The highest BCUT2D eigenvalue weighted by atomic mass is 35.5. The minimum absolute atomic E-state index is 0.0104. The number of pyridine rings is 1. The van der Waals surface area contributed by atoms with Gasteiger partial charge in [0.05, 0.1) is 5.56 Å². The fraction of sp³-hybridized carbons (Fsp3) is 0.143. The molecule has 1 N–H and O–H groups in total. The van der Waals surface area contributed by atoms with Crippen LogP contribution in [0.4, 0.5) is 5.82 Å². The fourth-order valence-corrected chi connectivity index (χ4v) is 2.01. The number of aromatic nitrogens is 1. The zero-order valence-electron chi connectivity index (χ0n) is 10.2. The first-order valence-electron chi connectivity index (χ1n) is 5.68. The zero-order chi connectivity index (χ0) is 13.8. The number of nitriles is 1. The van der Waals surface area contributed by atoms with Gasteiger partial charge >= 0.3 is 0 Å². The van der Waals surface area contributed by atoms with E-state index in [9.17, 15) is 0 Å². The number of hydrogen-bond donors (Lipinski definition) is 1. The Morgan fingerprint density at radius 2 is 1.89 bits per heavy atom. The van der Waals surface area contributed by atoms with E-state index in [0.29, 0.717) is 21.4 Å². The highest BCUT2D eigenvalue weighted by Crippen LogP contribution is 2.27. The van der Waals surface area contributed by atoms with Gasteiger partial charge in [-0.2, -0.15) is 5.26 Å². The van der Waals surface area contributed by atoms with Crippen molar-refractivity contribution in [2.24, 2.45) is 0 Å². The van der Waals surface area contributed by atoms with Crippen LogP contribution in [0.5, 0.6) is 0 Å². The quantitative estimate of drug-likeness (QED) is 0.910. The van der Waals surface area contributed by atoms with E-state index in [0.717, 1.165) is 5.56 Å². The largest absolute Gasteiger partial charge is 0.362 e. The third kappa shape index (κ3) is 3.17. The maximum Gasteiger partial charge on any atom is 0.146 e. The number of anilines is 1. The predicted molar refractivity (Wildman–Crippen MR) is 77.5 cm³/mol. The average molecular weight is 292 g/mol. The Kier molecular flexibility index (Phi) is 4.26. The molecule has 19 heavy (non-hydrogen) atoms. The lowest BCUT2D eigenvalue weighted by Gasteiger charge is -2.16. The van der Waals surface area contributed by atoms with E-state index in [1.54, 1.807) is 12.3 Å². The van der Waals surface area contributed by atoms with E-state index >= 15 is 0 Å². The second-order valence-corrected chi connectivity index (χ2v) is 4.86. The number of hydrogen-bond acceptors (Lipinski definition) is 3. The van der Waals surface area contributed by atoms with Crippen LogP contribution in [-0.4, -0.2) is 4.98 Å². The maximum absolute atomic E-state index is 8.92. The van der Waals surface area contributed by atoms with Crippen LogP contribution in [0.3, 0.4) is 0 Å². The molecule has 0 saturated carbocycles. The molecule has 2 aromatic rings. The molecule has 0 fully saturated rings. The van der Waals surface area contributed by atoms with Gasteiger partial charge in [-0.25, -0.2) is 4.98 Å². The normalized spacial score (nSPS) is 11.7. The number of halogens is 2. The molecule has 5 heteroatoms. The topological polar surface area (TPSA) is 48.7 Å². The minimum atomic E-state index is 0.0104. The van der Waals surface area contributed by atoms with Gasteiger partial charge in [-0.1, -0.05) is 35.3 Å². The SMILES string of the molecule is CC(Nc1nccc(C#N)c1Cl)c1ccc(Cl)cc1. The first-order valence-corrected chi connectivity index (χ1v) is 6.44. The molecule has 0 aliphatic carbocycles. The van der Waals surface area contributed by atoms with Crippen LogP contribution in [0.1, 0.15) is 24.1 Å². The highest BCUT2D eigenvalue weighted by molar-refractivity contribution is 6.34. The van der Waals surface area contributed by atoms with E-state index in [-0.39, 0.29) is 6.04 Å². The number of nitrogens with zero attached hydrogens (tertiary/aromatic N) is 2. The Balaban J connectivity index is 2.22. The standard InChI is InChI=1S/C14H11Cl2N3/c1-9(10-2-4-12(15)5-3-10)19-14-13(16)11(8-17)6-7-18-14/h2-7,9H,1H3,(H,18,19). The van der Waals surface area contributed by atoms with Crippen LogP contribution in [0.2, 0.25) is 10.0 Å². The molecule has 0 bridgehead atoms. The molecule has 0 aliphatic rings. The summed E-state index contributed by atoms with van der Waals surface area (Å²) in [5.74, 6) is 0.503. The second kappa shape index (κ2) is 5.92. The summed E-state index contributed by atoms with van der Waals surface area (Å²) in [6.07, 6.45) is 1.56. The van der Waals surface area contributed by atoms with Crippen LogP contribution >= 0.6 is 23.2 Å². The van der Waals surface area contributed by atoms with Crippen molar-refractivity contribution in [1.82, 2.24) is 4.98 Å². The van der Waals surface area contributed by atoms with E-state index in [1.165, 1.54) is 0 Å². The van der Waals surface area contributed by atoms with Gasteiger partial charge in [-0.3, -0.25) is 0 Å². The van der Waals surface area contributed by atoms with Gasteiger partial charge in [0.2, 0.25) is 0 Å². The summed E-state index contributed by atoms with van der Waals surface area (Å²) < 4.78 is 0. The Morgan fingerprint density at radius 3 is 2.53 bits per heavy atom.